The second kappa shape index (κ2) is 9.24. The molecule has 26 heavy (non-hydrogen) atoms. The SMILES string of the molecule is CCNCc1ccccc1NC(=O)CCc1ccccc1OC(F)(F)F. The van der Waals surface area contributed by atoms with Gasteiger partial charge in [-0.2, -0.15) is 0 Å². The van der Waals surface area contributed by atoms with Gasteiger partial charge in [-0.1, -0.05) is 43.3 Å². The van der Waals surface area contributed by atoms with Crippen LogP contribution < -0.4 is 15.4 Å². The zero-order valence-corrected chi connectivity index (χ0v) is 14.4. The number of amides is 1. The van der Waals surface area contributed by atoms with E-state index in [1.165, 1.54) is 18.2 Å². The summed E-state index contributed by atoms with van der Waals surface area (Å²) in [6, 6.07) is 13.2. The first-order valence-electron chi connectivity index (χ1n) is 8.31. The number of nitrogens with one attached hydrogen (secondary N) is 2. The third-order valence-corrected chi connectivity index (χ3v) is 3.68. The average molecular weight is 366 g/mol. The molecule has 2 N–H and O–H groups in total. The summed E-state index contributed by atoms with van der Waals surface area (Å²) in [5, 5.41) is 6.01. The van der Waals surface area contributed by atoms with E-state index in [0.717, 1.165) is 12.1 Å². The summed E-state index contributed by atoms with van der Waals surface area (Å²) < 4.78 is 41.3. The molecule has 0 unspecified atom stereocenters. The van der Waals surface area contributed by atoms with Gasteiger partial charge >= 0.3 is 6.36 Å². The molecule has 0 aliphatic carbocycles. The molecule has 0 saturated carbocycles. The van der Waals surface area contributed by atoms with Gasteiger partial charge in [-0.15, -0.1) is 13.2 Å². The largest absolute Gasteiger partial charge is 0.573 e. The first-order valence-corrected chi connectivity index (χ1v) is 8.31. The number of carbonyl (C=O) groups excluding carboxylic acids is 1. The molecule has 2 rings (SSSR count). The van der Waals surface area contributed by atoms with Gasteiger partial charge in [0.2, 0.25) is 5.91 Å². The first-order chi connectivity index (χ1) is 12.4. The molecule has 0 aromatic heterocycles. The molecule has 0 heterocycles. The van der Waals surface area contributed by atoms with Crippen molar-refractivity contribution in [2.24, 2.45) is 0 Å². The lowest BCUT2D eigenvalue weighted by atomic mass is 10.1. The number of carbonyl (C=O) groups is 1. The van der Waals surface area contributed by atoms with Crippen LogP contribution in [0.2, 0.25) is 0 Å². The second-order valence-electron chi connectivity index (χ2n) is 5.64. The Morgan fingerprint density at radius 3 is 2.38 bits per heavy atom. The minimum Gasteiger partial charge on any atom is -0.406 e. The smallest absolute Gasteiger partial charge is 0.406 e. The van der Waals surface area contributed by atoms with Gasteiger partial charge in [0, 0.05) is 18.7 Å². The number of ether oxygens (including phenoxy) is 1. The Balaban J connectivity index is 1.98. The molecule has 0 atom stereocenters. The number of halogens is 3. The van der Waals surface area contributed by atoms with Gasteiger partial charge in [0.1, 0.15) is 5.75 Å². The molecule has 2 aromatic carbocycles. The molecule has 0 aliphatic heterocycles. The maximum atomic E-state index is 12.4. The predicted octanol–water partition coefficient (Wildman–Crippen LogP) is 4.27. The fourth-order valence-electron chi connectivity index (χ4n) is 2.45. The number of alkyl halides is 3. The van der Waals surface area contributed by atoms with Crippen molar-refractivity contribution in [3.63, 3.8) is 0 Å². The fourth-order valence-corrected chi connectivity index (χ4v) is 2.45. The monoisotopic (exact) mass is 366 g/mol. The highest BCUT2D eigenvalue weighted by Gasteiger charge is 2.31. The van der Waals surface area contributed by atoms with Crippen LogP contribution in [-0.4, -0.2) is 18.8 Å². The molecule has 1 amide bonds. The molecule has 7 heteroatoms. The molecular formula is C19H21F3N2O2. The van der Waals surface area contributed by atoms with Crippen LogP contribution in [0.15, 0.2) is 48.5 Å². The Morgan fingerprint density at radius 1 is 1.04 bits per heavy atom. The third-order valence-electron chi connectivity index (χ3n) is 3.68. The van der Waals surface area contributed by atoms with E-state index in [9.17, 15) is 18.0 Å². The molecule has 4 nitrogen and oxygen atoms in total. The Bertz CT molecular complexity index is 733. The van der Waals surface area contributed by atoms with Gasteiger partial charge in [-0.25, -0.2) is 0 Å². The van der Waals surface area contributed by atoms with Crippen LogP contribution in [0.1, 0.15) is 24.5 Å². The minimum atomic E-state index is -4.76. The van der Waals surface area contributed by atoms with Crippen LogP contribution in [0.5, 0.6) is 5.75 Å². The highest BCUT2D eigenvalue weighted by molar-refractivity contribution is 5.91. The Kier molecular flexibility index (Phi) is 7.03. The highest BCUT2D eigenvalue weighted by atomic mass is 19.4. The summed E-state index contributed by atoms with van der Waals surface area (Å²) in [4.78, 5) is 12.2. The molecule has 0 saturated heterocycles. The van der Waals surface area contributed by atoms with Gasteiger partial charge in [0.15, 0.2) is 0 Å². The van der Waals surface area contributed by atoms with Crippen molar-refractivity contribution in [2.45, 2.75) is 32.7 Å². The van der Waals surface area contributed by atoms with E-state index in [-0.39, 0.29) is 24.5 Å². The third kappa shape index (κ3) is 6.40. The van der Waals surface area contributed by atoms with Crippen molar-refractivity contribution in [2.75, 3.05) is 11.9 Å². The van der Waals surface area contributed by atoms with Crippen molar-refractivity contribution in [1.82, 2.24) is 5.32 Å². The van der Waals surface area contributed by atoms with E-state index < -0.39 is 6.36 Å². The van der Waals surface area contributed by atoms with Gasteiger partial charge in [-0.05, 0) is 36.2 Å². The van der Waals surface area contributed by atoms with Gasteiger partial charge in [-0.3, -0.25) is 4.79 Å². The van der Waals surface area contributed by atoms with Crippen LogP contribution in [0.4, 0.5) is 18.9 Å². The maximum Gasteiger partial charge on any atom is 0.573 e. The van der Waals surface area contributed by atoms with E-state index >= 15 is 0 Å². The van der Waals surface area contributed by atoms with Crippen molar-refractivity contribution in [1.29, 1.82) is 0 Å². The van der Waals surface area contributed by atoms with Crippen LogP contribution in [-0.2, 0) is 17.8 Å². The standard InChI is InChI=1S/C19H21F3N2O2/c1-2-23-13-15-8-3-5-9-16(15)24-18(25)12-11-14-7-4-6-10-17(14)26-19(20,21)22/h3-10,23H,2,11-13H2,1H3,(H,24,25). The van der Waals surface area contributed by atoms with Crippen molar-refractivity contribution >= 4 is 11.6 Å². The lowest BCUT2D eigenvalue weighted by molar-refractivity contribution is -0.274. The lowest BCUT2D eigenvalue weighted by Crippen LogP contribution is -2.19. The Morgan fingerprint density at radius 2 is 1.69 bits per heavy atom. The summed E-state index contributed by atoms with van der Waals surface area (Å²) in [6.07, 6.45) is -4.56. The van der Waals surface area contributed by atoms with Crippen LogP contribution >= 0.6 is 0 Å². The number of para-hydroxylation sites is 2. The quantitative estimate of drug-likeness (QED) is 0.734. The predicted molar refractivity (Wildman–Crippen MR) is 93.9 cm³/mol. The van der Waals surface area contributed by atoms with Crippen molar-refractivity contribution < 1.29 is 22.7 Å². The van der Waals surface area contributed by atoms with E-state index in [1.54, 1.807) is 12.1 Å². The van der Waals surface area contributed by atoms with Crippen LogP contribution in [0.25, 0.3) is 0 Å². The molecule has 0 aliphatic rings. The summed E-state index contributed by atoms with van der Waals surface area (Å²) in [5.74, 6) is -0.545. The van der Waals surface area contributed by atoms with E-state index in [0.29, 0.717) is 17.8 Å². The van der Waals surface area contributed by atoms with Crippen molar-refractivity contribution in [3.05, 3.63) is 59.7 Å². The second-order valence-corrected chi connectivity index (χ2v) is 5.64. The molecule has 0 radical (unpaired) electrons. The highest BCUT2D eigenvalue weighted by Crippen LogP contribution is 2.27. The minimum absolute atomic E-state index is 0.0494. The summed E-state index contributed by atoms with van der Waals surface area (Å²) >= 11 is 0. The number of hydrogen-bond donors (Lipinski definition) is 2. The average Bonchev–Trinajstić information content (AvgIpc) is 2.59. The summed E-state index contributed by atoms with van der Waals surface area (Å²) in [5.41, 5.74) is 1.97. The number of hydrogen-bond acceptors (Lipinski definition) is 3. The van der Waals surface area contributed by atoms with Crippen molar-refractivity contribution in [3.8, 4) is 5.75 Å². The zero-order valence-electron chi connectivity index (χ0n) is 14.4. The zero-order chi connectivity index (χ0) is 19.0. The van der Waals surface area contributed by atoms with Gasteiger partial charge in [0.05, 0.1) is 0 Å². The fraction of sp³-hybridized carbons (Fsp3) is 0.316. The summed E-state index contributed by atoms with van der Waals surface area (Å²) in [7, 11) is 0. The number of benzene rings is 2. The molecule has 2 aromatic rings. The Labute approximate surface area is 150 Å². The van der Waals surface area contributed by atoms with E-state index in [1.807, 2.05) is 25.1 Å². The van der Waals surface area contributed by atoms with Gasteiger partial charge < -0.3 is 15.4 Å². The summed E-state index contributed by atoms with van der Waals surface area (Å²) in [6.45, 7) is 3.41. The Hall–Kier alpha value is -2.54. The molecule has 0 fully saturated rings. The number of anilines is 1. The topological polar surface area (TPSA) is 50.4 Å². The van der Waals surface area contributed by atoms with E-state index in [4.69, 9.17) is 0 Å². The van der Waals surface area contributed by atoms with Crippen LogP contribution in [0.3, 0.4) is 0 Å². The van der Waals surface area contributed by atoms with Crippen LogP contribution in [0, 0.1) is 0 Å². The molecule has 0 bridgehead atoms. The molecule has 140 valence electrons. The lowest BCUT2D eigenvalue weighted by Gasteiger charge is -2.14. The normalized spacial score (nSPS) is 11.2. The van der Waals surface area contributed by atoms with E-state index in [2.05, 4.69) is 15.4 Å². The first kappa shape index (κ1) is 19.8. The number of rotatable bonds is 8. The number of aryl methyl sites for hydroxylation is 1. The molecular weight excluding hydrogens is 345 g/mol. The molecule has 0 spiro atoms. The maximum absolute atomic E-state index is 12.4. The van der Waals surface area contributed by atoms with Gasteiger partial charge in [0.25, 0.3) is 0 Å².